The molecule has 0 bridgehead atoms. The SMILES string of the molecule is CN(CCCCCO)CCCC(=O)N(C)C. The Labute approximate surface area is 99.2 Å². The second-order valence-electron chi connectivity index (χ2n) is 4.48. The van der Waals surface area contributed by atoms with Crippen molar-refractivity contribution in [3.05, 3.63) is 0 Å². The molecule has 1 amide bonds. The van der Waals surface area contributed by atoms with E-state index in [9.17, 15) is 4.79 Å². The fraction of sp³-hybridized carbons (Fsp3) is 0.917. The fourth-order valence-electron chi connectivity index (χ4n) is 1.51. The maximum absolute atomic E-state index is 11.3. The average molecular weight is 230 g/mol. The highest BCUT2D eigenvalue weighted by atomic mass is 16.2. The summed E-state index contributed by atoms with van der Waals surface area (Å²) in [5, 5.41) is 8.63. The van der Waals surface area contributed by atoms with Gasteiger partial charge in [0.25, 0.3) is 0 Å². The lowest BCUT2D eigenvalue weighted by molar-refractivity contribution is -0.128. The Balaban J connectivity index is 3.36. The predicted octanol–water partition coefficient (Wildman–Crippen LogP) is 0.949. The fourth-order valence-corrected chi connectivity index (χ4v) is 1.51. The summed E-state index contributed by atoms with van der Waals surface area (Å²) >= 11 is 0. The molecule has 0 aromatic heterocycles. The second-order valence-corrected chi connectivity index (χ2v) is 4.48. The monoisotopic (exact) mass is 230 g/mol. The van der Waals surface area contributed by atoms with E-state index in [0.717, 1.165) is 38.8 Å². The Morgan fingerprint density at radius 1 is 1.00 bits per heavy atom. The molecule has 1 N–H and O–H groups in total. The topological polar surface area (TPSA) is 43.8 Å². The maximum atomic E-state index is 11.3. The molecule has 0 aliphatic heterocycles. The standard InChI is InChI=1S/C12H26N2O2/c1-13(2)12(16)8-7-10-14(3)9-5-4-6-11-15/h15H,4-11H2,1-3H3. The summed E-state index contributed by atoms with van der Waals surface area (Å²) in [4.78, 5) is 15.2. The van der Waals surface area contributed by atoms with Crippen LogP contribution in [0, 0.1) is 0 Å². The molecule has 0 spiro atoms. The number of rotatable bonds is 9. The van der Waals surface area contributed by atoms with Crippen LogP contribution in [0.25, 0.3) is 0 Å². The van der Waals surface area contributed by atoms with E-state index in [4.69, 9.17) is 5.11 Å². The van der Waals surface area contributed by atoms with E-state index < -0.39 is 0 Å². The van der Waals surface area contributed by atoms with Crippen LogP contribution < -0.4 is 0 Å². The highest BCUT2D eigenvalue weighted by Gasteiger charge is 2.04. The van der Waals surface area contributed by atoms with Gasteiger partial charge in [0, 0.05) is 27.1 Å². The zero-order chi connectivity index (χ0) is 12.4. The van der Waals surface area contributed by atoms with E-state index in [1.54, 1.807) is 19.0 Å². The number of aliphatic hydroxyl groups excluding tert-OH is 1. The smallest absolute Gasteiger partial charge is 0.222 e. The summed E-state index contributed by atoms with van der Waals surface area (Å²) < 4.78 is 0. The van der Waals surface area contributed by atoms with Crippen molar-refractivity contribution < 1.29 is 9.90 Å². The first-order valence-electron chi connectivity index (χ1n) is 6.07. The van der Waals surface area contributed by atoms with Gasteiger partial charge in [-0.05, 0) is 45.8 Å². The van der Waals surface area contributed by atoms with Gasteiger partial charge in [-0.25, -0.2) is 0 Å². The summed E-state index contributed by atoms with van der Waals surface area (Å²) in [6.45, 7) is 2.32. The van der Waals surface area contributed by atoms with E-state index >= 15 is 0 Å². The number of aliphatic hydroxyl groups is 1. The van der Waals surface area contributed by atoms with Gasteiger partial charge in [0.15, 0.2) is 0 Å². The van der Waals surface area contributed by atoms with Crippen LogP contribution in [-0.2, 0) is 4.79 Å². The van der Waals surface area contributed by atoms with Crippen LogP contribution in [0.1, 0.15) is 32.1 Å². The quantitative estimate of drug-likeness (QED) is 0.600. The average Bonchev–Trinajstić information content (AvgIpc) is 2.24. The van der Waals surface area contributed by atoms with Crippen molar-refractivity contribution in [3.63, 3.8) is 0 Å². The number of amides is 1. The van der Waals surface area contributed by atoms with Crippen molar-refractivity contribution in [1.29, 1.82) is 0 Å². The highest BCUT2D eigenvalue weighted by Crippen LogP contribution is 2.00. The second kappa shape index (κ2) is 9.60. The Bertz CT molecular complexity index is 184. The minimum absolute atomic E-state index is 0.202. The molecular weight excluding hydrogens is 204 g/mol. The van der Waals surface area contributed by atoms with E-state index in [-0.39, 0.29) is 5.91 Å². The maximum Gasteiger partial charge on any atom is 0.222 e. The Morgan fingerprint density at radius 3 is 2.19 bits per heavy atom. The summed E-state index contributed by atoms with van der Waals surface area (Å²) in [6, 6.07) is 0. The first-order valence-corrected chi connectivity index (χ1v) is 6.07. The van der Waals surface area contributed by atoms with Crippen LogP contribution in [0.15, 0.2) is 0 Å². The molecular formula is C12H26N2O2. The third kappa shape index (κ3) is 8.68. The van der Waals surface area contributed by atoms with Crippen molar-refractivity contribution in [3.8, 4) is 0 Å². The molecule has 0 fully saturated rings. The minimum Gasteiger partial charge on any atom is -0.396 e. The van der Waals surface area contributed by atoms with Crippen LogP contribution >= 0.6 is 0 Å². The van der Waals surface area contributed by atoms with Gasteiger partial charge in [-0.15, -0.1) is 0 Å². The molecule has 0 unspecified atom stereocenters. The first-order chi connectivity index (χ1) is 7.57. The van der Waals surface area contributed by atoms with Gasteiger partial charge in [0.05, 0.1) is 0 Å². The molecule has 16 heavy (non-hydrogen) atoms. The zero-order valence-corrected chi connectivity index (χ0v) is 10.9. The third-order valence-corrected chi connectivity index (χ3v) is 2.63. The van der Waals surface area contributed by atoms with Gasteiger partial charge < -0.3 is 14.9 Å². The molecule has 4 heteroatoms. The van der Waals surface area contributed by atoms with Crippen LogP contribution in [0.5, 0.6) is 0 Å². The molecule has 0 aromatic rings. The largest absolute Gasteiger partial charge is 0.396 e. The molecule has 0 atom stereocenters. The Hall–Kier alpha value is -0.610. The van der Waals surface area contributed by atoms with Gasteiger partial charge in [-0.3, -0.25) is 4.79 Å². The van der Waals surface area contributed by atoms with Gasteiger partial charge in [-0.2, -0.15) is 0 Å². The lowest BCUT2D eigenvalue weighted by atomic mass is 10.2. The molecule has 0 aliphatic carbocycles. The minimum atomic E-state index is 0.202. The number of nitrogens with zero attached hydrogens (tertiary/aromatic N) is 2. The molecule has 0 aromatic carbocycles. The highest BCUT2D eigenvalue weighted by molar-refractivity contribution is 5.75. The molecule has 0 saturated carbocycles. The zero-order valence-electron chi connectivity index (χ0n) is 10.9. The number of carbonyl (C=O) groups is 1. The summed E-state index contributed by atoms with van der Waals surface area (Å²) in [5.41, 5.74) is 0. The van der Waals surface area contributed by atoms with Gasteiger partial charge >= 0.3 is 0 Å². The molecule has 0 radical (unpaired) electrons. The van der Waals surface area contributed by atoms with Crippen molar-refractivity contribution in [1.82, 2.24) is 9.80 Å². The predicted molar refractivity (Wildman–Crippen MR) is 66.4 cm³/mol. The number of hydrogen-bond donors (Lipinski definition) is 1. The summed E-state index contributed by atoms with van der Waals surface area (Å²) in [5.74, 6) is 0.202. The number of unbranched alkanes of at least 4 members (excludes halogenated alkanes) is 2. The normalized spacial score (nSPS) is 10.8. The molecule has 0 heterocycles. The number of hydrogen-bond acceptors (Lipinski definition) is 3. The van der Waals surface area contributed by atoms with Crippen LogP contribution in [0.4, 0.5) is 0 Å². The Kier molecular flexibility index (Phi) is 9.24. The molecule has 0 aliphatic rings. The van der Waals surface area contributed by atoms with E-state index in [1.165, 1.54) is 0 Å². The van der Waals surface area contributed by atoms with E-state index in [0.29, 0.717) is 13.0 Å². The summed E-state index contributed by atoms with van der Waals surface area (Å²) in [7, 11) is 5.67. The Morgan fingerprint density at radius 2 is 1.62 bits per heavy atom. The van der Waals surface area contributed by atoms with E-state index in [1.807, 2.05) is 0 Å². The van der Waals surface area contributed by atoms with Gasteiger partial charge in [0.1, 0.15) is 0 Å². The molecule has 4 nitrogen and oxygen atoms in total. The summed E-state index contributed by atoms with van der Waals surface area (Å²) in [6.07, 6.45) is 4.66. The lowest BCUT2D eigenvalue weighted by Gasteiger charge is -2.17. The molecule has 96 valence electrons. The van der Waals surface area contributed by atoms with Crippen molar-refractivity contribution in [2.45, 2.75) is 32.1 Å². The van der Waals surface area contributed by atoms with Crippen LogP contribution in [0.3, 0.4) is 0 Å². The van der Waals surface area contributed by atoms with Crippen LogP contribution in [0.2, 0.25) is 0 Å². The third-order valence-electron chi connectivity index (χ3n) is 2.63. The lowest BCUT2D eigenvalue weighted by Crippen LogP contribution is -2.25. The van der Waals surface area contributed by atoms with Gasteiger partial charge in [-0.1, -0.05) is 0 Å². The number of carbonyl (C=O) groups excluding carboxylic acids is 1. The van der Waals surface area contributed by atoms with Crippen molar-refractivity contribution in [2.75, 3.05) is 40.8 Å². The van der Waals surface area contributed by atoms with Crippen molar-refractivity contribution in [2.24, 2.45) is 0 Å². The first kappa shape index (κ1) is 15.4. The van der Waals surface area contributed by atoms with Crippen LogP contribution in [-0.4, -0.2) is 61.7 Å². The molecule has 0 rings (SSSR count). The molecule has 0 saturated heterocycles. The van der Waals surface area contributed by atoms with Gasteiger partial charge in [0.2, 0.25) is 5.91 Å². The van der Waals surface area contributed by atoms with Crippen molar-refractivity contribution >= 4 is 5.91 Å². The van der Waals surface area contributed by atoms with E-state index in [2.05, 4.69) is 11.9 Å².